The number of alkyl carbamates (subject to hydrolysis) is 1. The van der Waals surface area contributed by atoms with Gasteiger partial charge in [0.1, 0.15) is 5.60 Å². The third kappa shape index (κ3) is 17.0. The second-order valence-electron chi connectivity index (χ2n) is 3.45. The van der Waals surface area contributed by atoms with E-state index in [1.807, 2.05) is 20.8 Å². The van der Waals surface area contributed by atoms with Gasteiger partial charge in [0, 0.05) is 14.0 Å². The highest BCUT2D eigenvalue weighted by molar-refractivity contribution is 5.67. The SMILES string of the molecule is CNC(=O)OC(C)(C)C.COC(C)=O. The summed E-state index contributed by atoms with van der Waals surface area (Å²) in [6, 6.07) is 0. The van der Waals surface area contributed by atoms with Crippen LogP contribution in [0, 0.1) is 0 Å². The predicted molar refractivity (Wildman–Crippen MR) is 53.0 cm³/mol. The molecule has 84 valence electrons. The maximum Gasteiger partial charge on any atom is 0.407 e. The summed E-state index contributed by atoms with van der Waals surface area (Å²) in [5, 5.41) is 2.36. The minimum Gasteiger partial charge on any atom is -0.469 e. The molecular weight excluding hydrogens is 186 g/mol. The van der Waals surface area contributed by atoms with Crippen molar-refractivity contribution in [2.24, 2.45) is 0 Å². The van der Waals surface area contributed by atoms with Crippen LogP contribution in [0.15, 0.2) is 0 Å². The summed E-state index contributed by atoms with van der Waals surface area (Å²) >= 11 is 0. The molecule has 0 aromatic carbocycles. The van der Waals surface area contributed by atoms with Crippen molar-refractivity contribution in [3.8, 4) is 0 Å². The molecule has 0 aliphatic rings. The number of hydrogen-bond donors (Lipinski definition) is 1. The molecule has 0 fully saturated rings. The first kappa shape index (κ1) is 15.2. The van der Waals surface area contributed by atoms with Gasteiger partial charge in [-0.05, 0) is 20.8 Å². The van der Waals surface area contributed by atoms with E-state index < -0.39 is 0 Å². The fourth-order valence-corrected chi connectivity index (χ4v) is 0.329. The maximum absolute atomic E-state index is 10.5. The lowest BCUT2D eigenvalue weighted by molar-refractivity contribution is -0.137. The van der Waals surface area contributed by atoms with Crippen LogP contribution >= 0.6 is 0 Å². The van der Waals surface area contributed by atoms with Gasteiger partial charge in [0.2, 0.25) is 0 Å². The van der Waals surface area contributed by atoms with Crippen LogP contribution in [0.1, 0.15) is 27.7 Å². The van der Waals surface area contributed by atoms with E-state index in [-0.39, 0.29) is 17.7 Å². The van der Waals surface area contributed by atoms with Crippen molar-refractivity contribution in [2.75, 3.05) is 14.2 Å². The Labute approximate surface area is 84.8 Å². The summed E-state index contributed by atoms with van der Waals surface area (Å²) in [5.74, 6) is -0.245. The highest BCUT2D eigenvalue weighted by Gasteiger charge is 2.13. The van der Waals surface area contributed by atoms with Crippen LogP contribution in [0.3, 0.4) is 0 Å². The van der Waals surface area contributed by atoms with E-state index in [0.29, 0.717) is 0 Å². The monoisotopic (exact) mass is 205 g/mol. The lowest BCUT2D eigenvalue weighted by Gasteiger charge is -2.18. The Kier molecular flexibility index (Phi) is 7.80. The van der Waals surface area contributed by atoms with Crippen LogP contribution < -0.4 is 5.32 Å². The van der Waals surface area contributed by atoms with E-state index in [0.717, 1.165) is 0 Å². The molecule has 5 nitrogen and oxygen atoms in total. The van der Waals surface area contributed by atoms with Gasteiger partial charge < -0.3 is 14.8 Å². The van der Waals surface area contributed by atoms with E-state index in [9.17, 15) is 9.59 Å². The third-order valence-electron chi connectivity index (χ3n) is 0.890. The number of carbonyl (C=O) groups excluding carboxylic acids is 2. The molecule has 0 saturated carbocycles. The zero-order valence-corrected chi connectivity index (χ0v) is 9.63. The van der Waals surface area contributed by atoms with Crippen molar-refractivity contribution in [3.05, 3.63) is 0 Å². The zero-order valence-electron chi connectivity index (χ0n) is 9.63. The maximum atomic E-state index is 10.5. The second-order valence-corrected chi connectivity index (χ2v) is 3.45. The van der Waals surface area contributed by atoms with Gasteiger partial charge >= 0.3 is 12.1 Å². The van der Waals surface area contributed by atoms with Crippen LogP contribution in [0.4, 0.5) is 4.79 Å². The normalized spacial score (nSPS) is 9.29. The number of carbonyl (C=O) groups is 2. The second kappa shape index (κ2) is 7.17. The van der Waals surface area contributed by atoms with Crippen molar-refractivity contribution in [2.45, 2.75) is 33.3 Å². The Balaban J connectivity index is 0. The molecule has 0 spiro atoms. The number of nitrogens with one attached hydrogen (secondary N) is 1. The summed E-state index contributed by atoms with van der Waals surface area (Å²) in [4.78, 5) is 20.1. The van der Waals surface area contributed by atoms with Gasteiger partial charge in [-0.25, -0.2) is 4.79 Å². The zero-order chi connectivity index (χ0) is 11.8. The smallest absolute Gasteiger partial charge is 0.407 e. The third-order valence-corrected chi connectivity index (χ3v) is 0.890. The molecule has 0 rings (SSSR count). The number of esters is 1. The summed E-state index contributed by atoms with van der Waals surface area (Å²) in [6.07, 6.45) is -0.387. The van der Waals surface area contributed by atoms with E-state index in [4.69, 9.17) is 4.74 Å². The summed E-state index contributed by atoms with van der Waals surface area (Å²) in [5.41, 5.74) is -0.389. The summed E-state index contributed by atoms with van der Waals surface area (Å²) in [7, 11) is 2.89. The molecule has 0 unspecified atom stereocenters. The van der Waals surface area contributed by atoms with Crippen molar-refractivity contribution in [1.29, 1.82) is 0 Å². The van der Waals surface area contributed by atoms with Gasteiger partial charge in [0.15, 0.2) is 0 Å². The Morgan fingerprint density at radius 1 is 1.21 bits per heavy atom. The Hall–Kier alpha value is -1.26. The number of hydrogen-bond acceptors (Lipinski definition) is 4. The van der Waals surface area contributed by atoms with Gasteiger partial charge in [-0.2, -0.15) is 0 Å². The molecule has 0 atom stereocenters. The number of rotatable bonds is 0. The fourth-order valence-electron chi connectivity index (χ4n) is 0.329. The van der Waals surface area contributed by atoms with Crippen molar-refractivity contribution < 1.29 is 19.1 Å². The Morgan fingerprint density at radius 3 is 1.64 bits per heavy atom. The molecule has 0 aliphatic heterocycles. The average Bonchev–Trinajstić information content (AvgIpc) is 2.02. The average molecular weight is 205 g/mol. The van der Waals surface area contributed by atoms with Crippen molar-refractivity contribution >= 4 is 12.1 Å². The molecule has 0 heterocycles. The molecule has 0 aromatic heterocycles. The van der Waals surface area contributed by atoms with Gasteiger partial charge in [-0.3, -0.25) is 4.79 Å². The van der Waals surface area contributed by atoms with Crippen molar-refractivity contribution in [3.63, 3.8) is 0 Å². The molecule has 0 saturated heterocycles. The van der Waals surface area contributed by atoms with Gasteiger partial charge in [-0.15, -0.1) is 0 Å². The van der Waals surface area contributed by atoms with Gasteiger partial charge in [-0.1, -0.05) is 0 Å². The van der Waals surface area contributed by atoms with Crippen LogP contribution in [-0.4, -0.2) is 31.8 Å². The molecule has 1 N–H and O–H groups in total. The molecule has 14 heavy (non-hydrogen) atoms. The first-order valence-electron chi connectivity index (χ1n) is 4.18. The largest absolute Gasteiger partial charge is 0.469 e. The Bertz CT molecular complexity index is 184. The molecule has 5 heteroatoms. The highest BCUT2D eigenvalue weighted by Crippen LogP contribution is 2.05. The van der Waals surface area contributed by atoms with Crippen LogP contribution in [0.5, 0.6) is 0 Å². The molecule has 0 radical (unpaired) electrons. The molecular formula is C9H19NO4. The van der Waals surface area contributed by atoms with Gasteiger partial charge in [0.05, 0.1) is 7.11 Å². The topological polar surface area (TPSA) is 64.6 Å². The van der Waals surface area contributed by atoms with E-state index in [1.165, 1.54) is 21.1 Å². The van der Waals surface area contributed by atoms with E-state index >= 15 is 0 Å². The summed E-state index contributed by atoms with van der Waals surface area (Å²) in [6.45, 7) is 6.83. The predicted octanol–water partition coefficient (Wildman–Crippen LogP) is 1.32. The van der Waals surface area contributed by atoms with Crippen LogP contribution in [0.2, 0.25) is 0 Å². The van der Waals surface area contributed by atoms with E-state index in [2.05, 4.69) is 10.1 Å². The first-order chi connectivity index (χ1) is 6.22. The number of amides is 1. The fraction of sp³-hybridized carbons (Fsp3) is 0.778. The van der Waals surface area contributed by atoms with Crippen LogP contribution in [0.25, 0.3) is 0 Å². The quantitative estimate of drug-likeness (QED) is 0.606. The standard InChI is InChI=1S/C6H13NO2.C3H6O2/c1-6(2,3)9-5(8)7-4;1-3(4)5-2/h1-4H3,(H,7,8);1-2H3. The minimum atomic E-state index is -0.389. The molecule has 1 amide bonds. The minimum absolute atomic E-state index is 0.245. The number of methoxy groups -OCH3 is 1. The lowest BCUT2D eigenvalue weighted by atomic mass is 10.2. The number of ether oxygens (including phenoxy) is 2. The Morgan fingerprint density at radius 2 is 1.57 bits per heavy atom. The van der Waals surface area contributed by atoms with Gasteiger partial charge in [0.25, 0.3) is 0 Å². The molecule has 0 aliphatic carbocycles. The van der Waals surface area contributed by atoms with Crippen molar-refractivity contribution in [1.82, 2.24) is 5.32 Å². The van der Waals surface area contributed by atoms with Crippen LogP contribution in [-0.2, 0) is 14.3 Å². The molecule has 0 aromatic rings. The van der Waals surface area contributed by atoms with E-state index in [1.54, 1.807) is 0 Å². The molecule has 0 bridgehead atoms. The highest BCUT2D eigenvalue weighted by atomic mass is 16.6. The lowest BCUT2D eigenvalue weighted by Crippen LogP contribution is -2.30. The summed E-state index contributed by atoms with van der Waals surface area (Å²) < 4.78 is 8.95. The first-order valence-corrected chi connectivity index (χ1v) is 4.18.